The first-order valence-corrected chi connectivity index (χ1v) is 6.09. The van der Waals surface area contributed by atoms with Crippen LogP contribution in [0.1, 0.15) is 17.3 Å². The van der Waals surface area contributed by atoms with Gasteiger partial charge in [-0.1, -0.05) is 6.92 Å². The molecule has 2 N–H and O–H groups in total. The number of nitrogens with one attached hydrogen (secondary N) is 2. The van der Waals surface area contributed by atoms with Gasteiger partial charge in [-0.2, -0.15) is 0 Å². The molecule has 2 heterocycles. The Balaban J connectivity index is 1.71. The zero-order valence-electron chi connectivity index (χ0n) is 10.3. The number of carbonyl (C=O) groups excluding carboxylic acids is 1. The van der Waals surface area contributed by atoms with E-state index < -0.39 is 0 Å². The predicted octanol–water partition coefficient (Wildman–Crippen LogP) is 1.93. The van der Waals surface area contributed by atoms with E-state index in [-0.39, 0.29) is 11.3 Å². The maximum Gasteiger partial charge on any atom is 0.251 e. The van der Waals surface area contributed by atoms with Crippen molar-refractivity contribution in [2.45, 2.75) is 6.92 Å². The molecule has 1 aliphatic heterocycles. The molecule has 94 valence electrons. The van der Waals surface area contributed by atoms with Gasteiger partial charge in [0.1, 0.15) is 0 Å². The highest BCUT2D eigenvalue weighted by molar-refractivity contribution is 5.98. The van der Waals surface area contributed by atoms with Gasteiger partial charge in [-0.3, -0.25) is 4.79 Å². The monoisotopic (exact) mass is 244 g/mol. The Hall–Kier alpha value is -1.81. The summed E-state index contributed by atoms with van der Waals surface area (Å²) in [6, 6.07) is 7.64. The van der Waals surface area contributed by atoms with Crippen LogP contribution in [0.5, 0.6) is 0 Å². The Bertz CT molecular complexity index is 584. The molecule has 1 aromatic carbocycles. The lowest BCUT2D eigenvalue weighted by Gasteiger charge is -2.38. The normalized spacial score (nSPS) is 17.4. The largest absolute Gasteiger partial charge is 0.380 e. The van der Waals surface area contributed by atoms with Gasteiger partial charge in [0.2, 0.25) is 0 Å². The van der Waals surface area contributed by atoms with Crippen LogP contribution in [0.15, 0.2) is 30.5 Å². The fourth-order valence-electron chi connectivity index (χ4n) is 2.14. The van der Waals surface area contributed by atoms with Crippen LogP contribution >= 0.6 is 0 Å². The van der Waals surface area contributed by atoms with E-state index in [1.807, 2.05) is 30.5 Å². The van der Waals surface area contributed by atoms with Gasteiger partial charge in [-0.05, 0) is 24.3 Å². The van der Waals surface area contributed by atoms with Crippen molar-refractivity contribution in [3.8, 4) is 0 Å². The molecule has 1 fully saturated rings. The quantitative estimate of drug-likeness (QED) is 0.866. The molecule has 0 spiro atoms. The number of aromatic nitrogens is 1. The molecule has 0 aliphatic carbocycles. The van der Waals surface area contributed by atoms with Crippen LogP contribution in [0.3, 0.4) is 0 Å². The van der Waals surface area contributed by atoms with Crippen molar-refractivity contribution in [2.24, 2.45) is 5.41 Å². The Kier molecular flexibility index (Phi) is 2.59. The Morgan fingerprint density at radius 3 is 3.00 bits per heavy atom. The number of carbonyl (C=O) groups is 1. The summed E-state index contributed by atoms with van der Waals surface area (Å²) in [4.78, 5) is 15.1. The van der Waals surface area contributed by atoms with Gasteiger partial charge in [-0.15, -0.1) is 0 Å². The predicted molar refractivity (Wildman–Crippen MR) is 69.6 cm³/mol. The summed E-state index contributed by atoms with van der Waals surface area (Å²) >= 11 is 0. The van der Waals surface area contributed by atoms with Crippen molar-refractivity contribution in [3.63, 3.8) is 0 Å². The molecule has 1 amide bonds. The van der Waals surface area contributed by atoms with E-state index in [4.69, 9.17) is 4.74 Å². The van der Waals surface area contributed by atoms with Crippen LogP contribution in [0.25, 0.3) is 10.9 Å². The van der Waals surface area contributed by atoms with Gasteiger partial charge in [0.05, 0.1) is 13.2 Å². The zero-order valence-corrected chi connectivity index (χ0v) is 10.3. The summed E-state index contributed by atoms with van der Waals surface area (Å²) < 4.78 is 5.17. The molecule has 0 radical (unpaired) electrons. The minimum Gasteiger partial charge on any atom is -0.380 e. The van der Waals surface area contributed by atoms with Crippen LogP contribution in [0, 0.1) is 5.41 Å². The zero-order chi connectivity index (χ0) is 12.6. The fraction of sp³-hybridized carbons (Fsp3) is 0.357. The molecular formula is C14H16N2O2. The molecule has 1 aromatic heterocycles. The minimum absolute atomic E-state index is 0.0220. The molecule has 0 saturated carbocycles. The highest BCUT2D eigenvalue weighted by atomic mass is 16.5. The number of benzene rings is 1. The molecule has 4 heteroatoms. The van der Waals surface area contributed by atoms with Crippen LogP contribution in [0.4, 0.5) is 0 Å². The van der Waals surface area contributed by atoms with E-state index in [0.717, 1.165) is 24.1 Å². The van der Waals surface area contributed by atoms with Crippen molar-refractivity contribution in [1.82, 2.24) is 10.3 Å². The molecule has 18 heavy (non-hydrogen) atoms. The average Bonchev–Trinajstić information content (AvgIpc) is 2.80. The molecule has 0 bridgehead atoms. The second-order valence-electron chi connectivity index (χ2n) is 5.27. The topological polar surface area (TPSA) is 54.1 Å². The van der Waals surface area contributed by atoms with Gasteiger partial charge in [0.25, 0.3) is 5.91 Å². The molecule has 2 aromatic rings. The molecular weight excluding hydrogens is 228 g/mol. The lowest BCUT2D eigenvalue weighted by Crippen LogP contribution is -2.48. The molecule has 4 nitrogen and oxygen atoms in total. The van der Waals surface area contributed by atoms with Gasteiger partial charge in [0.15, 0.2) is 0 Å². The van der Waals surface area contributed by atoms with E-state index in [2.05, 4.69) is 17.2 Å². The van der Waals surface area contributed by atoms with E-state index in [1.54, 1.807) is 0 Å². The number of hydrogen-bond donors (Lipinski definition) is 2. The van der Waals surface area contributed by atoms with Crippen LogP contribution in [-0.2, 0) is 4.74 Å². The summed E-state index contributed by atoms with van der Waals surface area (Å²) in [5.41, 5.74) is 1.85. The lowest BCUT2D eigenvalue weighted by atomic mass is 9.88. The summed E-state index contributed by atoms with van der Waals surface area (Å²) in [6.07, 6.45) is 1.87. The van der Waals surface area contributed by atoms with E-state index >= 15 is 0 Å². The van der Waals surface area contributed by atoms with Gasteiger partial charge in [0, 0.05) is 34.6 Å². The second-order valence-corrected chi connectivity index (χ2v) is 5.27. The van der Waals surface area contributed by atoms with Crippen LogP contribution in [-0.4, -0.2) is 30.6 Å². The minimum atomic E-state index is -0.0220. The number of fused-ring (bicyclic) bond motifs is 1. The standard InChI is InChI=1S/C14H16N2O2/c1-14(8-18-9-14)7-16-13(17)11-2-3-12-10(6-11)4-5-15-12/h2-6,15H,7-9H2,1H3,(H,16,17). The number of ether oxygens (including phenoxy) is 1. The highest BCUT2D eigenvalue weighted by Gasteiger charge is 2.33. The summed E-state index contributed by atoms with van der Waals surface area (Å²) in [6.45, 7) is 4.23. The summed E-state index contributed by atoms with van der Waals surface area (Å²) in [5.74, 6) is -0.0220. The maximum absolute atomic E-state index is 12.0. The Labute approximate surface area is 105 Å². The third kappa shape index (κ3) is 1.99. The van der Waals surface area contributed by atoms with Crippen molar-refractivity contribution >= 4 is 16.8 Å². The van der Waals surface area contributed by atoms with Crippen molar-refractivity contribution in [3.05, 3.63) is 36.0 Å². The molecule has 0 atom stereocenters. The number of amides is 1. The number of hydrogen-bond acceptors (Lipinski definition) is 2. The van der Waals surface area contributed by atoms with E-state index in [0.29, 0.717) is 12.1 Å². The first kappa shape index (κ1) is 11.3. The third-order valence-corrected chi connectivity index (χ3v) is 3.39. The summed E-state index contributed by atoms with van der Waals surface area (Å²) in [7, 11) is 0. The first-order chi connectivity index (χ1) is 8.66. The molecule has 1 saturated heterocycles. The second kappa shape index (κ2) is 4.14. The maximum atomic E-state index is 12.0. The van der Waals surface area contributed by atoms with Crippen molar-refractivity contribution < 1.29 is 9.53 Å². The van der Waals surface area contributed by atoms with Gasteiger partial charge >= 0.3 is 0 Å². The smallest absolute Gasteiger partial charge is 0.251 e. The number of H-pyrrole nitrogens is 1. The Morgan fingerprint density at radius 2 is 2.28 bits per heavy atom. The van der Waals surface area contributed by atoms with Crippen molar-refractivity contribution in [1.29, 1.82) is 0 Å². The van der Waals surface area contributed by atoms with E-state index in [9.17, 15) is 4.79 Å². The molecule has 0 unspecified atom stereocenters. The highest BCUT2D eigenvalue weighted by Crippen LogP contribution is 2.25. The number of rotatable bonds is 3. The Morgan fingerprint density at radius 1 is 1.44 bits per heavy atom. The van der Waals surface area contributed by atoms with Crippen LogP contribution in [0.2, 0.25) is 0 Å². The van der Waals surface area contributed by atoms with Crippen LogP contribution < -0.4 is 5.32 Å². The first-order valence-electron chi connectivity index (χ1n) is 6.09. The van der Waals surface area contributed by atoms with Gasteiger partial charge in [-0.25, -0.2) is 0 Å². The lowest BCUT2D eigenvalue weighted by molar-refractivity contribution is -0.0978. The number of aromatic amines is 1. The fourth-order valence-corrected chi connectivity index (χ4v) is 2.14. The summed E-state index contributed by atoms with van der Waals surface area (Å²) in [5, 5.41) is 4.03. The molecule has 1 aliphatic rings. The van der Waals surface area contributed by atoms with Gasteiger partial charge < -0.3 is 15.0 Å². The average molecular weight is 244 g/mol. The third-order valence-electron chi connectivity index (χ3n) is 3.39. The van der Waals surface area contributed by atoms with E-state index in [1.165, 1.54) is 0 Å². The SMILES string of the molecule is CC1(CNC(=O)c2ccc3[nH]ccc3c2)COC1. The van der Waals surface area contributed by atoms with Crippen molar-refractivity contribution in [2.75, 3.05) is 19.8 Å². The molecule has 3 rings (SSSR count).